The van der Waals surface area contributed by atoms with Crippen molar-refractivity contribution in [3.05, 3.63) is 11.7 Å². The highest BCUT2D eigenvalue weighted by molar-refractivity contribution is 4.89. The largest absolute Gasteiger partial charge is 0.374 e. The number of ether oxygens (including phenoxy) is 1. The van der Waals surface area contributed by atoms with E-state index in [-0.39, 0.29) is 0 Å². The molecule has 5 nitrogen and oxygen atoms in total. The zero-order valence-electron chi connectivity index (χ0n) is 8.12. The first kappa shape index (κ1) is 10.7. The zero-order valence-corrected chi connectivity index (χ0v) is 8.12. The summed E-state index contributed by atoms with van der Waals surface area (Å²) in [6.45, 7) is 3.91. The fraction of sp³-hybridized carbons (Fsp3) is 0.556. The first-order chi connectivity index (χ1) is 6.86. The maximum absolute atomic E-state index is 5.12. The van der Waals surface area contributed by atoms with E-state index >= 15 is 0 Å². The van der Waals surface area contributed by atoms with Crippen molar-refractivity contribution in [1.82, 2.24) is 15.5 Å². The zero-order chi connectivity index (χ0) is 10.2. The summed E-state index contributed by atoms with van der Waals surface area (Å²) in [5.74, 6) is 3.54. The third-order valence-corrected chi connectivity index (χ3v) is 1.45. The maximum atomic E-state index is 5.12. The molecule has 0 aromatic carbocycles. The summed E-state index contributed by atoms with van der Waals surface area (Å²) in [7, 11) is 0. The van der Waals surface area contributed by atoms with Crippen LogP contribution in [0.25, 0.3) is 0 Å². The molecule has 0 saturated carbocycles. The molecule has 5 heteroatoms. The summed E-state index contributed by atoms with van der Waals surface area (Å²) in [6.07, 6.45) is 5.06. The first-order valence-corrected chi connectivity index (χ1v) is 4.40. The molecule has 0 aliphatic rings. The van der Waals surface area contributed by atoms with Crippen molar-refractivity contribution in [1.29, 1.82) is 0 Å². The number of hydrogen-bond acceptors (Lipinski definition) is 5. The second kappa shape index (κ2) is 6.13. The molecule has 0 aliphatic heterocycles. The molecule has 0 amide bonds. The Hall–Kier alpha value is -1.38. The van der Waals surface area contributed by atoms with Gasteiger partial charge in [-0.3, -0.25) is 5.32 Å². The highest BCUT2D eigenvalue weighted by atomic mass is 16.5. The van der Waals surface area contributed by atoms with Crippen LogP contribution in [0.5, 0.6) is 0 Å². The van der Waals surface area contributed by atoms with Crippen molar-refractivity contribution in [2.75, 3.05) is 13.2 Å². The highest BCUT2D eigenvalue weighted by Crippen LogP contribution is 1.98. The topological polar surface area (TPSA) is 60.2 Å². The number of rotatable bonds is 6. The standard InChI is InChI=1S/C9H13N3O2/c1-3-5-10-6-9-11-8(12-14-9)7-13-4-2/h1,10H,4-7H2,2H3. The molecule has 1 aromatic rings. The van der Waals surface area contributed by atoms with Gasteiger partial charge in [-0.25, -0.2) is 0 Å². The van der Waals surface area contributed by atoms with Crippen LogP contribution in [0, 0.1) is 12.3 Å². The van der Waals surface area contributed by atoms with Gasteiger partial charge in [-0.1, -0.05) is 11.1 Å². The van der Waals surface area contributed by atoms with E-state index in [1.165, 1.54) is 0 Å². The van der Waals surface area contributed by atoms with Crippen LogP contribution < -0.4 is 5.32 Å². The summed E-state index contributed by atoms with van der Waals surface area (Å²) in [5, 5.41) is 6.68. The van der Waals surface area contributed by atoms with Gasteiger partial charge >= 0.3 is 0 Å². The minimum Gasteiger partial charge on any atom is -0.374 e. The monoisotopic (exact) mass is 195 g/mol. The van der Waals surface area contributed by atoms with Gasteiger partial charge in [0.15, 0.2) is 5.82 Å². The summed E-state index contributed by atoms with van der Waals surface area (Å²) in [4.78, 5) is 4.09. The number of nitrogens with zero attached hydrogens (tertiary/aromatic N) is 2. The first-order valence-electron chi connectivity index (χ1n) is 4.40. The molecule has 0 aliphatic carbocycles. The molecule has 1 N–H and O–H groups in total. The third kappa shape index (κ3) is 3.56. The van der Waals surface area contributed by atoms with Gasteiger partial charge in [0.25, 0.3) is 0 Å². The van der Waals surface area contributed by atoms with E-state index < -0.39 is 0 Å². The number of terminal acetylenes is 1. The SMILES string of the molecule is C#CCNCc1nc(COCC)no1. The van der Waals surface area contributed by atoms with Crippen molar-refractivity contribution in [3.8, 4) is 12.3 Å². The Labute approximate surface area is 82.8 Å². The van der Waals surface area contributed by atoms with Crippen LogP contribution in [0.1, 0.15) is 18.6 Å². The Kier molecular flexibility index (Phi) is 4.69. The summed E-state index contributed by atoms with van der Waals surface area (Å²) >= 11 is 0. The summed E-state index contributed by atoms with van der Waals surface area (Å²) < 4.78 is 10.1. The fourth-order valence-electron chi connectivity index (χ4n) is 0.856. The lowest BCUT2D eigenvalue weighted by atomic mass is 10.5. The van der Waals surface area contributed by atoms with Gasteiger partial charge in [-0.2, -0.15) is 4.98 Å². The quantitative estimate of drug-likeness (QED) is 0.523. The molecule has 0 atom stereocenters. The predicted octanol–water partition coefficient (Wildman–Crippen LogP) is 0.329. The molecule has 14 heavy (non-hydrogen) atoms. The van der Waals surface area contributed by atoms with E-state index in [2.05, 4.69) is 21.4 Å². The normalized spacial score (nSPS) is 10.0. The Morgan fingerprint density at radius 3 is 3.21 bits per heavy atom. The Morgan fingerprint density at radius 1 is 1.64 bits per heavy atom. The van der Waals surface area contributed by atoms with Gasteiger partial charge in [0, 0.05) is 6.61 Å². The fourth-order valence-corrected chi connectivity index (χ4v) is 0.856. The molecule has 0 unspecified atom stereocenters. The molecule has 0 radical (unpaired) electrons. The number of hydrogen-bond donors (Lipinski definition) is 1. The maximum Gasteiger partial charge on any atom is 0.240 e. The van der Waals surface area contributed by atoms with Gasteiger partial charge in [0.1, 0.15) is 6.61 Å². The predicted molar refractivity (Wildman–Crippen MR) is 50.2 cm³/mol. The van der Waals surface area contributed by atoms with Crippen molar-refractivity contribution in [3.63, 3.8) is 0 Å². The molecule has 1 heterocycles. The van der Waals surface area contributed by atoms with Gasteiger partial charge in [0.05, 0.1) is 13.1 Å². The molecule has 76 valence electrons. The van der Waals surface area contributed by atoms with E-state index in [0.717, 1.165) is 0 Å². The van der Waals surface area contributed by atoms with Crippen LogP contribution in [-0.2, 0) is 17.9 Å². The number of aromatic nitrogens is 2. The number of nitrogens with one attached hydrogen (secondary N) is 1. The van der Waals surface area contributed by atoms with Crippen molar-refractivity contribution >= 4 is 0 Å². The average Bonchev–Trinajstić information content (AvgIpc) is 2.63. The summed E-state index contributed by atoms with van der Waals surface area (Å²) in [6, 6.07) is 0. The third-order valence-electron chi connectivity index (χ3n) is 1.45. The highest BCUT2D eigenvalue weighted by Gasteiger charge is 2.04. The van der Waals surface area contributed by atoms with Crippen LogP contribution >= 0.6 is 0 Å². The molecule has 1 aromatic heterocycles. The van der Waals surface area contributed by atoms with Gasteiger partial charge < -0.3 is 9.26 Å². The van der Waals surface area contributed by atoms with Crippen LogP contribution in [-0.4, -0.2) is 23.3 Å². The van der Waals surface area contributed by atoms with Gasteiger partial charge in [0.2, 0.25) is 5.89 Å². The molecule has 0 fully saturated rings. The Balaban J connectivity index is 2.32. The van der Waals surface area contributed by atoms with Crippen LogP contribution in [0.2, 0.25) is 0 Å². The average molecular weight is 195 g/mol. The van der Waals surface area contributed by atoms with E-state index in [0.29, 0.717) is 38.0 Å². The molecule has 0 saturated heterocycles. The van der Waals surface area contributed by atoms with E-state index in [9.17, 15) is 0 Å². The van der Waals surface area contributed by atoms with E-state index in [1.54, 1.807) is 0 Å². The smallest absolute Gasteiger partial charge is 0.240 e. The second-order valence-electron chi connectivity index (χ2n) is 2.55. The van der Waals surface area contributed by atoms with Gasteiger partial charge in [-0.05, 0) is 6.92 Å². The Bertz CT molecular complexity index is 303. The summed E-state index contributed by atoms with van der Waals surface area (Å²) in [5.41, 5.74) is 0. The van der Waals surface area contributed by atoms with E-state index in [4.69, 9.17) is 15.7 Å². The Morgan fingerprint density at radius 2 is 2.50 bits per heavy atom. The van der Waals surface area contributed by atoms with E-state index in [1.807, 2.05) is 6.92 Å². The lowest BCUT2D eigenvalue weighted by Crippen LogP contribution is -2.13. The minimum atomic E-state index is 0.384. The lowest BCUT2D eigenvalue weighted by Gasteiger charge is -1.93. The lowest BCUT2D eigenvalue weighted by molar-refractivity contribution is 0.126. The molecule has 0 bridgehead atoms. The van der Waals surface area contributed by atoms with Crippen LogP contribution in [0.4, 0.5) is 0 Å². The molecular weight excluding hydrogens is 182 g/mol. The minimum absolute atomic E-state index is 0.384. The van der Waals surface area contributed by atoms with Gasteiger partial charge in [-0.15, -0.1) is 6.42 Å². The van der Waals surface area contributed by atoms with Crippen LogP contribution in [0.15, 0.2) is 4.52 Å². The van der Waals surface area contributed by atoms with Crippen molar-refractivity contribution < 1.29 is 9.26 Å². The van der Waals surface area contributed by atoms with Crippen molar-refractivity contribution in [2.45, 2.75) is 20.1 Å². The van der Waals surface area contributed by atoms with Crippen molar-refractivity contribution in [2.24, 2.45) is 0 Å². The second-order valence-corrected chi connectivity index (χ2v) is 2.55. The van der Waals surface area contributed by atoms with Crippen LogP contribution in [0.3, 0.4) is 0 Å². The molecular formula is C9H13N3O2. The molecule has 1 rings (SSSR count). The molecule has 0 spiro atoms.